The first-order valence-corrected chi connectivity index (χ1v) is 7.12. The summed E-state index contributed by atoms with van der Waals surface area (Å²) in [7, 11) is 0. The average molecular weight is 224 g/mol. The third-order valence-electron chi connectivity index (χ3n) is 4.43. The van der Waals surface area contributed by atoms with Crippen molar-refractivity contribution < 1.29 is 0 Å². The summed E-state index contributed by atoms with van der Waals surface area (Å²) in [6.45, 7) is 13.5. The minimum Gasteiger partial charge on any atom is -0.300 e. The zero-order chi connectivity index (χ0) is 11.6. The van der Waals surface area contributed by atoms with Gasteiger partial charge in [0.05, 0.1) is 0 Å². The van der Waals surface area contributed by atoms with E-state index in [4.69, 9.17) is 0 Å². The molecule has 2 aliphatic rings. The van der Waals surface area contributed by atoms with Crippen molar-refractivity contribution in [1.82, 2.24) is 9.80 Å². The molecule has 0 atom stereocenters. The van der Waals surface area contributed by atoms with Crippen LogP contribution in [0.25, 0.3) is 0 Å². The molecule has 0 aromatic carbocycles. The summed E-state index contributed by atoms with van der Waals surface area (Å²) in [6, 6.07) is 0.729. The highest BCUT2D eigenvalue weighted by Crippen LogP contribution is 2.50. The fraction of sp³-hybridized carbons (Fsp3) is 1.00. The summed E-state index contributed by atoms with van der Waals surface area (Å²) in [5, 5.41) is 0. The van der Waals surface area contributed by atoms with E-state index in [9.17, 15) is 0 Å². The van der Waals surface area contributed by atoms with Gasteiger partial charge in [0, 0.05) is 38.8 Å². The summed E-state index contributed by atoms with van der Waals surface area (Å²) in [5.74, 6) is 0. The van der Waals surface area contributed by atoms with Crippen LogP contribution in [-0.2, 0) is 0 Å². The zero-order valence-corrected chi connectivity index (χ0v) is 11.3. The number of hydrogen-bond acceptors (Lipinski definition) is 2. The Morgan fingerprint density at radius 2 is 1.69 bits per heavy atom. The Kier molecular flexibility index (Phi) is 3.91. The Hall–Kier alpha value is -0.0800. The lowest BCUT2D eigenvalue weighted by atomic mass is 9.99. The molecular formula is C14H28N2. The van der Waals surface area contributed by atoms with Gasteiger partial charge in [-0.3, -0.25) is 4.90 Å². The third kappa shape index (κ3) is 2.98. The van der Waals surface area contributed by atoms with Gasteiger partial charge < -0.3 is 4.90 Å². The van der Waals surface area contributed by atoms with Crippen molar-refractivity contribution >= 4 is 0 Å². The lowest BCUT2D eigenvalue weighted by molar-refractivity contribution is 0.0915. The zero-order valence-electron chi connectivity index (χ0n) is 11.3. The van der Waals surface area contributed by atoms with Crippen molar-refractivity contribution in [3.63, 3.8) is 0 Å². The van der Waals surface area contributed by atoms with E-state index in [0.717, 1.165) is 11.5 Å². The second kappa shape index (κ2) is 5.05. The summed E-state index contributed by atoms with van der Waals surface area (Å²) in [5.41, 5.74) is 0.745. The molecule has 0 spiro atoms. The van der Waals surface area contributed by atoms with Gasteiger partial charge in [-0.1, -0.05) is 13.3 Å². The highest BCUT2D eigenvalue weighted by Gasteiger charge is 2.42. The van der Waals surface area contributed by atoms with Crippen molar-refractivity contribution in [1.29, 1.82) is 0 Å². The van der Waals surface area contributed by atoms with E-state index in [1.165, 1.54) is 58.4 Å². The van der Waals surface area contributed by atoms with Crippen molar-refractivity contribution in [2.45, 2.75) is 52.5 Å². The number of hydrogen-bond donors (Lipinski definition) is 0. The molecule has 0 aromatic rings. The Labute approximate surface area is 101 Å². The lowest BCUT2D eigenvalue weighted by Crippen LogP contribution is -2.50. The smallest absolute Gasteiger partial charge is 0.0113 e. The monoisotopic (exact) mass is 224 g/mol. The second-order valence-corrected chi connectivity index (χ2v) is 6.16. The van der Waals surface area contributed by atoms with Crippen LogP contribution in [-0.4, -0.2) is 48.6 Å². The molecule has 0 bridgehead atoms. The van der Waals surface area contributed by atoms with Gasteiger partial charge in [0.25, 0.3) is 0 Å². The van der Waals surface area contributed by atoms with Gasteiger partial charge in [0.15, 0.2) is 0 Å². The molecule has 1 aliphatic carbocycles. The summed E-state index contributed by atoms with van der Waals surface area (Å²) in [4.78, 5) is 5.32. The largest absolute Gasteiger partial charge is 0.300 e. The first-order chi connectivity index (χ1) is 7.65. The summed E-state index contributed by atoms with van der Waals surface area (Å²) < 4.78 is 0. The van der Waals surface area contributed by atoms with E-state index >= 15 is 0 Å². The molecule has 1 aliphatic heterocycles. The van der Waals surface area contributed by atoms with Crippen molar-refractivity contribution in [2.75, 3.05) is 32.7 Å². The Bertz CT molecular complexity index is 213. The van der Waals surface area contributed by atoms with Crippen LogP contribution in [0.3, 0.4) is 0 Å². The molecule has 1 heterocycles. The van der Waals surface area contributed by atoms with E-state index in [-0.39, 0.29) is 0 Å². The minimum atomic E-state index is 0.729. The maximum absolute atomic E-state index is 2.71. The molecule has 1 saturated heterocycles. The maximum Gasteiger partial charge on any atom is 0.0113 e. The maximum atomic E-state index is 2.71. The van der Waals surface area contributed by atoms with E-state index < -0.39 is 0 Å². The average Bonchev–Trinajstić information content (AvgIpc) is 2.99. The first kappa shape index (κ1) is 12.4. The molecule has 0 amide bonds. The van der Waals surface area contributed by atoms with Crippen LogP contribution in [0.5, 0.6) is 0 Å². The van der Waals surface area contributed by atoms with E-state index in [2.05, 4.69) is 30.6 Å². The van der Waals surface area contributed by atoms with Gasteiger partial charge in [-0.05, 0) is 38.5 Å². The standard InChI is InChI=1S/C14H28N2/c1-4-5-14(6-7-14)12-15-8-10-16(11-9-15)13(2)3/h13H,4-12H2,1-3H3. The predicted molar refractivity (Wildman–Crippen MR) is 69.7 cm³/mol. The number of nitrogens with zero attached hydrogens (tertiary/aromatic N) is 2. The lowest BCUT2D eigenvalue weighted by Gasteiger charge is -2.38. The van der Waals surface area contributed by atoms with Crippen LogP contribution in [0.15, 0.2) is 0 Å². The van der Waals surface area contributed by atoms with Crippen molar-refractivity contribution in [3.8, 4) is 0 Å². The second-order valence-electron chi connectivity index (χ2n) is 6.16. The topological polar surface area (TPSA) is 6.48 Å². The third-order valence-corrected chi connectivity index (χ3v) is 4.43. The molecule has 0 aromatic heterocycles. The number of piperazine rings is 1. The van der Waals surface area contributed by atoms with Gasteiger partial charge >= 0.3 is 0 Å². The molecule has 2 rings (SSSR count). The van der Waals surface area contributed by atoms with Crippen molar-refractivity contribution in [2.24, 2.45) is 5.41 Å². The molecule has 16 heavy (non-hydrogen) atoms. The molecular weight excluding hydrogens is 196 g/mol. The fourth-order valence-electron chi connectivity index (χ4n) is 3.11. The van der Waals surface area contributed by atoms with E-state index in [1.54, 1.807) is 0 Å². The molecule has 2 heteroatoms. The van der Waals surface area contributed by atoms with Crippen LogP contribution < -0.4 is 0 Å². The Morgan fingerprint density at radius 3 is 2.12 bits per heavy atom. The Morgan fingerprint density at radius 1 is 1.06 bits per heavy atom. The van der Waals surface area contributed by atoms with E-state index in [0.29, 0.717) is 0 Å². The normalized spacial score (nSPS) is 26.2. The predicted octanol–water partition coefficient (Wildman–Crippen LogP) is 2.59. The van der Waals surface area contributed by atoms with Crippen molar-refractivity contribution in [3.05, 3.63) is 0 Å². The van der Waals surface area contributed by atoms with Crippen LogP contribution in [0, 0.1) is 5.41 Å². The fourth-order valence-corrected chi connectivity index (χ4v) is 3.11. The molecule has 0 N–H and O–H groups in total. The first-order valence-electron chi connectivity index (χ1n) is 7.12. The van der Waals surface area contributed by atoms with Gasteiger partial charge in [-0.15, -0.1) is 0 Å². The Balaban J connectivity index is 1.73. The summed E-state index contributed by atoms with van der Waals surface area (Å²) >= 11 is 0. The van der Waals surface area contributed by atoms with Crippen LogP contribution in [0.1, 0.15) is 46.5 Å². The van der Waals surface area contributed by atoms with Gasteiger partial charge in [-0.2, -0.15) is 0 Å². The van der Waals surface area contributed by atoms with Crippen LogP contribution >= 0.6 is 0 Å². The quantitative estimate of drug-likeness (QED) is 0.708. The molecule has 1 saturated carbocycles. The summed E-state index contributed by atoms with van der Waals surface area (Å²) in [6.07, 6.45) is 5.81. The SMILES string of the molecule is CCCC1(CN2CCN(C(C)C)CC2)CC1. The van der Waals surface area contributed by atoms with E-state index in [1.807, 2.05) is 0 Å². The molecule has 94 valence electrons. The molecule has 2 fully saturated rings. The molecule has 0 unspecified atom stereocenters. The highest BCUT2D eigenvalue weighted by molar-refractivity contribution is 4.95. The van der Waals surface area contributed by atoms with Gasteiger partial charge in [-0.25, -0.2) is 0 Å². The minimum absolute atomic E-state index is 0.729. The van der Waals surface area contributed by atoms with Gasteiger partial charge in [0.1, 0.15) is 0 Å². The highest BCUT2D eigenvalue weighted by atomic mass is 15.3. The van der Waals surface area contributed by atoms with Crippen LogP contribution in [0.2, 0.25) is 0 Å². The molecule has 2 nitrogen and oxygen atoms in total. The van der Waals surface area contributed by atoms with Crippen LogP contribution in [0.4, 0.5) is 0 Å². The van der Waals surface area contributed by atoms with Gasteiger partial charge in [0.2, 0.25) is 0 Å². The number of rotatable bonds is 5. The molecule has 0 radical (unpaired) electrons.